The summed E-state index contributed by atoms with van der Waals surface area (Å²) in [6.07, 6.45) is -7.77. The van der Waals surface area contributed by atoms with E-state index >= 15 is 0 Å². The Labute approximate surface area is 250 Å². The molecule has 1 heterocycles. The van der Waals surface area contributed by atoms with E-state index in [9.17, 15) is 31.1 Å². The second-order valence-corrected chi connectivity index (χ2v) is 11.0. The van der Waals surface area contributed by atoms with Gasteiger partial charge in [0.1, 0.15) is 6.04 Å². The molecule has 2 aromatic carbocycles. The SMILES string of the molecule is CC(C)OC(=O)N1CCC[C@H]([N+](Cc2cc(C(F)(F)F)cc(C(F)(F)F)c2)=C(N)NN=NCCO)c2cc3c(cc21)CCC3. The Morgan fingerprint density at radius 3 is 2.30 bits per heavy atom. The number of anilines is 1. The molecular formula is C29H35F6N6O3+. The highest BCUT2D eigenvalue weighted by atomic mass is 19.4. The molecule has 0 saturated carbocycles. The molecule has 1 aliphatic heterocycles. The fraction of sp³-hybridized carbons (Fsp3) is 0.517. The molecule has 2 aromatic rings. The van der Waals surface area contributed by atoms with Gasteiger partial charge in [0.05, 0.1) is 42.6 Å². The van der Waals surface area contributed by atoms with Crippen molar-refractivity contribution in [2.75, 3.05) is 24.6 Å². The van der Waals surface area contributed by atoms with Gasteiger partial charge in [-0.1, -0.05) is 0 Å². The third-order valence-electron chi connectivity index (χ3n) is 7.43. The van der Waals surface area contributed by atoms with Gasteiger partial charge in [0, 0.05) is 12.1 Å². The first-order chi connectivity index (χ1) is 20.7. The van der Waals surface area contributed by atoms with Gasteiger partial charge >= 0.3 is 24.4 Å². The van der Waals surface area contributed by atoms with Gasteiger partial charge in [0.2, 0.25) is 0 Å². The van der Waals surface area contributed by atoms with Crippen molar-refractivity contribution in [1.29, 1.82) is 0 Å². The third-order valence-corrected chi connectivity index (χ3v) is 7.43. The standard InChI is InChI=1S/C29H34F6N6O3/c1-17(2)44-27(43)40-9-4-7-24(23-13-19-5-3-6-20(19)14-25(23)40)41(26(36)38-39-37-8-10-42)16-18-11-21(28(30,31)32)15-22(12-18)29(33,34)35/h11-15,17,24,42H,3-10,16H2,1-2H3,(H2,36,37,38)/p+1/t24-/m0/s1. The summed E-state index contributed by atoms with van der Waals surface area (Å²) in [5.41, 5.74) is 8.97. The van der Waals surface area contributed by atoms with Crippen LogP contribution in [0.25, 0.3) is 0 Å². The Bertz CT molecular complexity index is 1390. The number of rotatable bonds is 7. The van der Waals surface area contributed by atoms with E-state index in [1.165, 1.54) is 9.48 Å². The fourth-order valence-electron chi connectivity index (χ4n) is 5.54. The van der Waals surface area contributed by atoms with E-state index in [2.05, 4.69) is 15.8 Å². The number of hydrogen-bond donors (Lipinski definition) is 3. The lowest BCUT2D eigenvalue weighted by molar-refractivity contribution is -0.591. The number of aliphatic hydroxyl groups is 1. The maximum Gasteiger partial charge on any atom is 0.416 e. The van der Waals surface area contributed by atoms with Crippen molar-refractivity contribution in [2.24, 2.45) is 16.1 Å². The van der Waals surface area contributed by atoms with Crippen molar-refractivity contribution in [1.82, 2.24) is 5.43 Å². The van der Waals surface area contributed by atoms with E-state index in [4.69, 9.17) is 15.6 Å². The van der Waals surface area contributed by atoms with Crippen molar-refractivity contribution >= 4 is 17.7 Å². The number of nitrogens with one attached hydrogen (secondary N) is 1. The van der Waals surface area contributed by atoms with Crippen LogP contribution in [-0.4, -0.2) is 47.5 Å². The molecule has 240 valence electrons. The summed E-state index contributed by atoms with van der Waals surface area (Å²) < 4.78 is 89.1. The van der Waals surface area contributed by atoms with Gasteiger partial charge in [-0.25, -0.2) is 4.79 Å². The van der Waals surface area contributed by atoms with Crippen LogP contribution in [0.1, 0.15) is 72.5 Å². The van der Waals surface area contributed by atoms with Gasteiger partial charge in [-0.05, 0) is 98.2 Å². The zero-order chi connectivity index (χ0) is 32.2. The normalized spacial score (nSPS) is 17.8. The molecule has 2 aliphatic rings. The third kappa shape index (κ3) is 7.79. The Kier molecular flexibility index (Phi) is 10.1. The number of carbonyl (C=O) groups is 1. The lowest BCUT2D eigenvalue weighted by atomic mass is 9.95. The number of aryl methyl sites for hydroxylation is 2. The molecule has 15 heteroatoms. The van der Waals surface area contributed by atoms with E-state index < -0.39 is 48.3 Å². The molecule has 0 radical (unpaired) electrons. The van der Waals surface area contributed by atoms with E-state index in [0.717, 1.165) is 30.4 Å². The molecule has 9 nitrogen and oxygen atoms in total. The van der Waals surface area contributed by atoms with Gasteiger partial charge in [0.25, 0.3) is 0 Å². The highest BCUT2D eigenvalue weighted by Gasteiger charge is 2.38. The summed E-state index contributed by atoms with van der Waals surface area (Å²) in [7, 11) is 0. The van der Waals surface area contributed by atoms with Crippen LogP contribution >= 0.6 is 0 Å². The number of halogens is 6. The Hall–Kier alpha value is -3.88. The van der Waals surface area contributed by atoms with Gasteiger partial charge in [-0.2, -0.15) is 31.5 Å². The number of amides is 1. The number of nitrogens with two attached hydrogens (primary N) is 1. The predicted molar refractivity (Wildman–Crippen MR) is 149 cm³/mol. The molecule has 0 fully saturated rings. The second-order valence-electron chi connectivity index (χ2n) is 11.0. The first-order valence-electron chi connectivity index (χ1n) is 14.2. The van der Waals surface area contributed by atoms with Gasteiger partial charge < -0.3 is 9.84 Å². The number of hydrogen-bond acceptors (Lipinski definition) is 5. The highest BCUT2D eigenvalue weighted by molar-refractivity contribution is 5.89. The summed E-state index contributed by atoms with van der Waals surface area (Å²) in [5.74, 6) is -0.188. The number of alkyl halides is 6. The summed E-state index contributed by atoms with van der Waals surface area (Å²) in [5, 5.41) is 16.4. The van der Waals surface area contributed by atoms with Gasteiger partial charge in [0.15, 0.2) is 0 Å². The van der Waals surface area contributed by atoms with Crippen molar-refractivity contribution in [3.63, 3.8) is 0 Å². The van der Waals surface area contributed by atoms with Crippen molar-refractivity contribution < 1.29 is 45.6 Å². The number of fused-ring (bicyclic) bond motifs is 2. The van der Waals surface area contributed by atoms with Crippen LogP contribution in [0.15, 0.2) is 40.7 Å². The zero-order valence-corrected chi connectivity index (χ0v) is 24.3. The minimum Gasteiger partial charge on any atom is -0.446 e. The van der Waals surface area contributed by atoms with E-state index in [0.29, 0.717) is 36.2 Å². The largest absolute Gasteiger partial charge is 0.446 e. The summed E-state index contributed by atoms with van der Waals surface area (Å²) in [6, 6.07) is 4.56. The van der Waals surface area contributed by atoms with Crippen LogP contribution in [0.3, 0.4) is 0 Å². The van der Waals surface area contributed by atoms with Crippen LogP contribution in [0, 0.1) is 0 Å². The van der Waals surface area contributed by atoms with E-state index in [-0.39, 0.29) is 37.3 Å². The molecule has 1 atom stereocenters. The Balaban J connectivity index is 1.88. The summed E-state index contributed by atoms with van der Waals surface area (Å²) >= 11 is 0. The molecule has 0 bridgehead atoms. The topological polar surface area (TPSA) is 116 Å². The minimum absolute atomic E-state index is 0.0613. The summed E-state index contributed by atoms with van der Waals surface area (Å²) in [4.78, 5) is 14.7. The molecule has 0 saturated heterocycles. The average molecular weight is 630 g/mol. The maximum absolute atomic E-state index is 13.7. The molecule has 0 spiro atoms. The minimum atomic E-state index is -5.03. The van der Waals surface area contributed by atoms with Crippen molar-refractivity contribution in [3.8, 4) is 0 Å². The molecule has 0 unspecified atom stereocenters. The van der Waals surface area contributed by atoms with E-state index in [1.54, 1.807) is 13.8 Å². The lowest BCUT2D eigenvalue weighted by Crippen LogP contribution is -2.40. The molecule has 1 amide bonds. The molecule has 4 N–H and O–H groups in total. The van der Waals surface area contributed by atoms with Crippen molar-refractivity contribution in [2.45, 2.75) is 77.0 Å². The molecular weight excluding hydrogens is 594 g/mol. The highest BCUT2D eigenvalue weighted by Crippen LogP contribution is 2.41. The Morgan fingerprint density at radius 2 is 1.70 bits per heavy atom. The van der Waals surface area contributed by atoms with Gasteiger partial charge in [-0.3, -0.25) is 15.2 Å². The quantitative estimate of drug-likeness (QED) is 0.0885. The van der Waals surface area contributed by atoms with Crippen molar-refractivity contribution in [3.05, 3.63) is 63.7 Å². The number of aliphatic hydroxyl groups excluding tert-OH is 1. The maximum atomic E-state index is 13.7. The van der Waals surface area contributed by atoms with E-state index in [1.807, 2.05) is 12.1 Å². The first kappa shape index (κ1) is 33.0. The lowest BCUT2D eigenvalue weighted by Gasteiger charge is -2.27. The smallest absolute Gasteiger partial charge is 0.416 e. The number of benzene rings is 2. The van der Waals surface area contributed by atoms with Crippen LogP contribution < -0.4 is 16.1 Å². The molecule has 0 aromatic heterocycles. The van der Waals surface area contributed by atoms with Gasteiger partial charge in [-0.15, -0.1) is 5.43 Å². The van der Waals surface area contributed by atoms with Crippen LogP contribution in [0.4, 0.5) is 36.8 Å². The van der Waals surface area contributed by atoms with Crippen LogP contribution in [-0.2, 0) is 36.5 Å². The predicted octanol–water partition coefficient (Wildman–Crippen LogP) is 5.88. The number of guanidine groups is 1. The number of carbonyl (C=O) groups excluding carboxylic acids is 1. The number of ether oxygens (including phenoxy) is 1. The van der Waals surface area contributed by atoms with Crippen LogP contribution in [0.2, 0.25) is 0 Å². The molecule has 4 rings (SSSR count). The van der Waals surface area contributed by atoms with Crippen LogP contribution in [0.5, 0.6) is 0 Å². The first-order valence-corrected chi connectivity index (χ1v) is 14.2. The summed E-state index contributed by atoms with van der Waals surface area (Å²) in [6.45, 7) is 2.89. The number of nitrogens with zero attached hydrogens (tertiary/aromatic N) is 4. The average Bonchev–Trinajstić information content (AvgIpc) is 3.31. The fourth-order valence-corrected chi connectivity index (χ4v) is 5.54. The zero-order valence-electron chi connectivity index (χ0n) is 24.3. The molecule has 44 heavy (non-hydrogen) atoms. The Morgan fingerprint density at radius 1 is 1.07 bits per heavy atom. The molecule has 1 aliphatic carbocycles. The second kappa shape index (κ2) is 13.4. The monoisotopic (exact) mass is 629 g/mol.